The van der Waals surface area contributed by atoms with Crippen molar-refractivity contribution in [1.29, 1.82) is 0 Å². The van der Waals surface area contributed by atoms with Crippen LogP contribution in [0.4, 0.5) is 5.69 Å². The van der Waals surface area contributed by atoms with Gasteiger partial charge in [-0.25, -0.2) is 0 Å². The molecule has 4 N–H and O–H groups in total. The first-order valence-electron chi connectivity index (χ1n) is 5.01. The standard InChI is InChI=1S/C11H13N3O2/c1-2-14-11(16)9(12)10(13-14)7-5-3-4-6-8(7)15/h3-6,13,15H,2,12H2,1H3. The number of para-hydroxylation sites is 1. The van der Waals surface area contributed by atoms with E-state index in [9.17, 15) is 9.90 Å². The minimum atomic E-state index is -0.263. The lowest BCUT2D eigenvalue weighted by Crippen LogP contribution is -2.17. The fourth-order valence-corrected chi connectivity index (χ4v) is 1.61. The van der Waals surface area contributed by atoms with E-state index in [2.05, 4.69) is 5.10 Å². The van der Waals surface area contributed by atoms with E-state index in [4.69, 9.17) is 5.73 Å². The van der Waals surface area contributed by atoms with Gasteiger partial charge < -0.3 is 10.8 Å². The van der Waals surface area contributed by atoms with Gasteiger partial charge in [0.2, 0.25) is 0 Å². The number of aryl methyl sites for hydroxylation is 1. The maximum atomic E-state index is 11.6. The molecule has 0 aliphatic heterocycles. The van der Waals surface area contributed by atoms with Crippen LogP contribution in [-0.4, -0.2) is 14.9 Å². The first-order chi connectivity index (χ1) is 7.65. The smallest absolute Gasteiger partial charge is 0.290 e. The normalized spacial score (nSPS) is 10.6. The number of rotatable bonds is 2. The molecule has 5 nitrogen and oxygen atoms in total. The third kappa shape index (κ3) is 1.46. The van der Waals surface area contributed by atoms with Crippen LogP contribution >= 0.6 is 0 Å². The number of nitrogens with one attached hydrogen (secondary N) is 1. The first-order valence-corrected chi connectivity index (χ1v) is 5.01. The summed E-state index contributed by atoms with van der Waals surface area (Å²) >= 11 is 0. The Morgan fingerprint density at radius 2 is 2.12 bits per heavy atom. The molecule has 0 spiro atoms. The minimum absolute atomic E-state index is 0.0960. The van der Waals surface area contributed by atoms with Crippen molar-refractivity contribution in [2.45, 2.75) is 13.5 Å². The zero-order valence-electron chi connectivity index (χ0n) is 8.90. The molecule has 2 rings (SSSR count). The van der Waals surface area contributed by atoms with E-state index in [0.29, 0.717) is 17.8 Å². The predicted molar refractivity (Wildman–Crippen MR) is 62.2 cm³/mol. The van der Waals surface area contributed by atoms with Gasteiger partial charge in [-0.15, -0.1) is 0 Å². The number of nitrogens with two attached hydrogens (primary N) is 1. The summed E-state index contributed by atoms with van der Waals surface area (Å²) in [6, 6.07) is 6.74. The first kappa shape index (κ1) is 10.4. The van der Waals surface area contributed by atoms with E-state index in [-0.39, 0.29) is 17.0 Å². The van der Waals surface area contributed by atoms with E-state index in [0.717, 1.165) is 0 Å². The number of aromatic hydroxyl groups is 1. The molecule has 16 heavy (non-hydrogen) atoms. The molecule has 84 valence electrons. The highest BCUT2D eigenvalue weighted by atomic mass is 16.3. The Labute approximate surface area is 92.1 Å². The Balaban J connectivity index is 2.66. The number of aromatic nitrogens is 2. The number of hydrogen-bond donors (Lipinski definition) is 3. The highest BCUT2D eigenvalue weighted by molar-refractivity contribution is 5.76. The average molecular weight is 219 g/mol. The van der Waals surface area contributed by atoms with Gasteiger partial charge in [-0.05, 0) is 19.1 Å². The van der Waals surface area contributed by atoms with Gasteiger partial charge in [-0.2, -0.15) is 0 Å². The molecule has 5 heteroatoms. The summed E-state index contributed by atoms with van der Waals surface area (Å²) in [7, 11) is 0. The summed E-state index contributed by atoms with van der Waals surface area (Å²) in [6.45, 7) is 2.35. The van der Waals surface area contributed by atoms with Crippen LogP contribution in [0.1, 0.15) is 6.92 Å². The van der Waals surface area contributed by atoms with Gasteiger partial charge in [0.15, 0.2) is 0 Å². The van der Waals surface area contributed by atoms with Crippen LogP contribution in [0.5, 0.6) is 5.75 Å². The minimum Gasteiger partial charge on any atom is -0.507 e. The second kappa shape index (κ2) is 3.77. The van der Waals surface area contributed by atoms with Crippen molar-refractivity contribution in [3.8, 4) is 17.0 Å². The number of H-pyrrole nitrogens is 1. The van der Waals surface area contributed by atoms with Crippen LogP contribution < -0.4 is 11.3 Å². The van der Waals surface area contributed by atoms with Crippen LogP contribution in [0, 0.1) is 0 Å². The Bertz CT molecular complexity index is 569. The van der Waals surface area contributed by atoms with Crippen molar-refractivity contribution < 1.29 is 5.11 Å². The molecular weight excluding hydrogens is 206 g/mol. The molecule has 0 fully saturated rings. The molecule has 0 amide bonds. The van der Waals surface area contributed by atoms with Crippen LogP contribution in [0.2, 0.25) is 0 Å². The number of nitrogens with zero attached hydrogens (tertiary/aromatic N) is 1. The number of phenolic OH excluding ortho intramolecular Hbond substituents is 1. The molecule has 0 bridgehead atoms. The molecule has 0 saturated carbocycles. The number of nitrogen functional groups attached to an aromatic ring is 1. The van der Waals surface area contributed by atoms with Gasteiger partial charge in [-0.1, -0.05) is 12.1 Å². The topological polar surface area (TPSA) is 84.0 Å². The Hall–Kier alpha value is -2.17. The van der Waals surface area contributed by atoms with Gasteiger partial charge in [0.25, 0.3) is 5.56 Å². The molecule has 0 aliphatic carbocycles. The summed E-state index contributed by atoms with van der Waals surface area (Å²) < 4.78 is 1.40. The molecule has 0 unspecified atom stereocenters. The Morgan fingerprint density at radius 3 is 2.69 bits per heavy atom. The van der Waals surface area contributed by atoms with E-state index in [1.165, 1.54) is 4.68 Å². The van der Waals surface area contributed by atoms with Gasteiger partial charge in [0.05, 0.1) is 5.69 Å². The molecule has 2 aromatic rings. The van der Waals surface area contributed by atoms with Crippen LogP contribution in [0.15, 0.2) is 29.1 Å². The molecule has 1 heterocycles. The summed E-state index contributed by atoms with van der Waals surface area (Å²) in [5, 5.41) is 12.6. The fourth-order valence-electron chi connectivity index (χ4n) is 1.61. The zero-order valence-corrected chi connectivity index (χ0v) is 8.90. The van der Waals surface area contributed by atoms with Crippen molar-refractivity contribution in [2.24, 2.45) is 0 Å². The van der Waals surface area contributed by atoms with E-state index in [1.54, 1.807) is 24.3 Å². The van der Waals surface area contributed by atoms with Crippen molar-refractivity contribution in [1.82, 2.24) is 9.78 Å². The number of benzene rings is 1. The van der Waals surface area contributed by atoms with E-state index in [1.807, 2.05) is 6.92 Å². The van der Waals surface area contributed by atoms with Gasteiger partial charge in [0, 0.05) is 12.1 Å². The lowest BCUT2D eigenvalue weighted by Gasteiger charge is -2.02. The number of phenols is 1. The fraction of sp³-hybridized carbons (Fsp3) is 0.182. The maximum Gasteiger partial charge on any atom is 0.290 e. The predicted octanol–water partition coefficient (Wildman–Crippen LogP) is 1.15. The van der Waals surface area contributed by atoms with Crippen LogP contribution in [-0.2, 0) is 6.54 Å². The lowest BCUT2D eigenvalue weighted by atomic mass is 10.1. The second-order valence-electron chi connectivity index (χ2n) is 3.47. The molecule has 1 aromatic heterocycles. The van der Waals surface area contributed by atoms with Crippen molar-refractivity contribution >= 4 is 5.69 Å². The van der Waals surface area contributed by atoms with Crippen molar-refractivity contribution in [3.63, 3.8) is 0 Å². The third-order valence-corrected chi connectivity index (χ3v) is 2.48. The molecular formula is C11H13N3O2. The van der Waals surface area contributed by atoms with Crippen LogP contribution in [0.3, 0.4) is 0 Å². The highest BCUT2D eigenvalue weighted by Crippen LogP contribution is 2.29. The molecule has 0 radical (unpaired) electrons. The average Bonchev–Trinajstić information content (AvgIpc) is 2.57. The molecule has 0 aliphatic rings. The summed E-state index contributed by atoms with van der Waals surface area (Å²) in [6.07, 6.45) is 0. The molecule has 1 aromatic carbocycles. The molecule has 0 saturated heterocycles. The SMILES string of the molecule is CCn1[nH]c(-c2ccccc2O)c(N)c1=O. The number of anilines is 1. The second-order valence-corrected chi connectivity index (χ2v) is 3.47. The molecule has 0 atom stereocenters. The maximum absolute atomic E-state index is 11.6. The largest absolute Gasteiger partial charge is 0.507 e. The summed E-state index contributed by atoms with van der Waals surface area (Å²) in [4.78, 5) is 11.6. The zero-order chi connectivity index (χ0) is 11.7. The third-order valence-electron chi connectivity index (χ3n) is 2.48. The summed E-state index contributed by atoms with van der Waals surface area (Å²) in [5.74, 6) is 0.0960. The van der Waals surface area contributed by atoms with E-state index < -0.39 is 0 Å². The lowest BCUT2D eigenvalue weighted by molar-refractivity contribution is 0.477. The summed E-state index contributed by atoms with van der Waals surface area (Å²) in [5.41, 5.74) is 6.56. The monoisotopic (exact) mass is 219 g/mol. The van der Waals surface area contributed by atoms with Crippen molar-refractivity contribution in [3.05, 3.63) is 34.6 Å². The van der Waals surface area contributed by atoms with Crippen molar-refractivity contribution in [2.75, 3.05) is 5.73 Å². The number of hydrogen-bond acceptors (Lipinski definition) is 3. The van der Waals surface area contributed by atoms with E-state index >= 15 is 0 Å². The van der Waals surface area contributed by atoms with Gasteiger partial charge in [-0.3, -0.25) is 14.6 Å². The van der Waals surface area contributed by atoms with Gasteiger partial charge in [0.1, 0.15) is 11.4 Å². The van der Waals surface area contributed by atoms with Crippen LogP contribution in [0.25, 0.3) is 11.3 Å². The Kier molecular flexibility index (Phi) is 2.44. The van der Waals surface area contributed by atoms with Gasteiger partial charge >= 0.3 is 0 Å². The highest BCUT2D eigenvalue weighted by Gasteiger charge is 2.14. The Morgan fingerprint density at radius 1 is 1.44 bits per heavy atom. The quantitative estimate of drug-likeness (QED) is 0.708. The number of aromatic amines is 1.